The number of hydrogen-bond donors (Lipinski definition) is 2. The summed E-state index contributed by atoms with van der Waals surface area (Å²) in [4.78, 5) is -0.512. The molecule has 34 heavy (non-hydrogen) atoms. The van der Waals surface area contributed by atoms with E-state index in [1.807, 2.05) is 6.92 Å². The Morgan fingerprint density at radius 2 is 1.41 bits per heavy atom. The number of ether oxygens (including phenoxy) is 2. The van der Waals surface area contributed by atoms with Crippen molar-refractivity contribution in [1.29, 1.82) is 0 Å². The van der Waals surface area contributed by atoms with E-state index in [2.05, 4.69) is 62.3 Å². The van der Waals surface area contributed by atoms with Gasteiger partial charge in [0.2, 0.25) is 0 Å². The van der Waals surface area contributed by atoms with Gasteiger partial charge in [0.15, 0.2) is 16.4 Å². The molecular formula is C27H48O6S. The minimum absolute atomic E-state index is 0.00815. The topological polar surface area (TPSA) is 93.1 Å². The third kappa shape index (κ3) is 6.81. The fraction of sp³-hybridized carbons (Fsp3) is 0.778. The molecule has 0 heterocycles. The molecule has 1 aromatic rings. The lowest BCUT2D eigenvalue weighted by molar-refractivity contribution is 0.0760. The number of aromatic hydroxyl groups is 1. The van der Waals surface area contributed by atoms with Crippen LogP contribution < -0.4 is 9.47 Å². The number of phenolic OH excluding ortho intramolecular Hbond substituents is 1. The lowest BCUT2D eigenvalue weighted by Crippen LogP contribution is -2.38. The van der Waals surface area contributed by atoms with Crippen LogP contribution in [-0.2, 0) is 16.5 Å². The molecule has 0 aliphatic rings. The molecule has 0 aliphatic carbocycles. The molecular weight excluding hydrogens is 452 g/mol. The summed E-state index contributed by atoms with van der Waals surface area (Å²) in [5.41, 5.74) is 0.691. The quantitative estimate of drug-likeness (QED) is 0.311. The highest BCUT2D eigenvalue weighted by atomic mass is 32.2. The molecule has 1 aromatic carbocycles. The molecule has 1 rings (SSSR count). The van der Waals surface area contributed by atoms with E-state index in [0.29, 0.717) is 23.5 Å². The molecule has 1 unspecified atom stereocenters. The van der Waals surface area contributed by atoms with Crippen molar-refractivity contribution >= 4 is 10.1 Å². The monoisotopic (exact) mass is 500 g/mol. The molecule has 0 amide bonds. The number of phenols is 1. The van der Waals surface area contributed by atoms with Gasteiger partial charge in [-0.2, -0.15) is 8.42 Å². The van der Waals surface area contributed by atoms with Gasteiger partial charge >= 0.3 is 10.1 Å². The van der Waals surface area contributed by atoms with E-state index in [1.165, 1.54) is 14.2 Å². The third-order valence-corrected chi connectivity index (χ3v) is 7.31. The number of benzene rings is 1. The fourth-order valence-corrected chi connectivity index (χ4v) is 7.49. The van der Waals surface area contributed by atoms with Crippen molar-refractivity contribution in [3.8, 4) is 17.2 Å². The van der Waals surface area contributed by atoms with E-state index < -0.39 is 15.0 Å². The molecule has 6 nitrogen and oxygen atoms in total. The highest BCUT2D eigenvalue weighted by Crippen LogP contribution is 2.60. The SMILES string of the molecule is CCCc1c(O)c(OC)c(S(=O)(=O)O)c(OC)c1C(C(C)(C)CC(C)C)C(C)(C)CC(C)(C)C. The van der Waals surface area contributed by atoms with E-state index in [4.69, 9.17) is 9.47 Å². The molecule has 198 valence electrons. The van der Waals surface area contributed by atoms with Crippen molar-refractivity contribution < 1.29 is 27.6 Å². The smallest absolute Gasteiger partial charge is 0.302 e. The highest BCUT2D eigenvalue weighted by Gasteiger charge is 2.48. The predicted molar refractivity (Wildman–Crippen MR) is 139 cm³/mol. The molecule has 0 aromatic heterocycles. The first-order chi connectivity index (χ1) is 15.2. The summed E-state index contributed by atoms with van der Waals surface area (Å²) in [7, 11) is -2.07. The van der Waals surface area contributed by atoms with E-state index in [1.54, 1.807) is 0 Å². The average molecular weight is 501 g/mol. The maximum Gasteiger partial charge on any atom is 0.302 e. The summed E-state index contributed by atoms with van der Waals surface area (Å²) >= 11 is 0. The second kappa shape index (κ2) is 10.7. The Kier molecular flexibility index (Phi) is 9.57. The maximum atomic E-state index is 12.6. The highest BCUT2D eigenvalue weighted by molar-refractivity contribution is 7.86. The third-order valence-electron chi connectivity index (χ3n) is 6.42. The summed E-state index contributed by atoms with van der Waals surface area (Å²) in [5.74, 6) is -0.249. The molecule has 0 spiro atoms. The molecule has 0 saturated heterocycles. The lowest BCUT2D eigenvalue weighted by Gasteiger charge is -2.49. The molecule has 0 fully saturated rings. The number of methoxy groups -OCH3 is 2. The number of hydrogen-bond acceptors (Lipinski definition) is 5. The molecule has 0 aliphatic heterocycles. The van der Waals surface area contributed by atoms with Gasteiger partial charge in [0.25, 0.3) is 0 Å². The molecule has 0 saturated carbocycles. The maximum absolute atomic E-state index is 12.6. The first kappa shape index (κ1) is 30.6. The van der Waals surface area contributed by atoms with Crippen molar-refractivity contribution in [2.45, 2.75) is 106 Å². The zero-order chi connectivity index (χ0) is 26.9. The van der Waals surface area contributed by atoms with Gasteiger partial charge in [0.1, 0.15) is 5.75 Å². The summed E-state index contributed by atoms with van der Waals surface area (Å²) in [6, 6.07) is 0. The summed E-state index contributed by atoms with van der Waals surface area (Å²) in [5, 5.41) is 11.3. The van der Waals surface area contributed by atoms with Crippen LogP contribution in [0.25, 0.3) is 0 Å². The second-order valence-electron chi connectivity index (χ2n) is 12.6. The van der Waals surface area contributed by atoms with Crippen molar-refractivity contribution in [3.63, 3.8) is 0 Å². The Hall–Kier alpha value is -1.47. The Morgan fingerprint density at radius 3 is 1.76 bits per heavy atom. The zero-order valence-electron chi connectivity index (χ0n) is 23.4. The molecule has 0 bridgehead atoms. The molecule has 7 heteroatoms. The van der Waals surface area contributed by atoms with Gasteiger partial charge in [0.05, 0.1) is 14.2 Å². The van der Waals surface area contributed by atoms with E-state index in [0.717, 1.165) is 19.3 Å². The molecule has 2 N–H and O–H groups in total. The van der Waals surface area contributed by atoms with Crippen LogP contribution in [0, 0.1) is 22.2 Å². The van der Waals surface area contributed by atoms with Gasteiger partial charge in [-0.05, 0) is 47.3 Å². The Bertz CT molecular complexity index is 953. The van der Waals surface area contributed by atoms with Crippen LogP contribution >= 0.6 is 0 Å². The van der Waals surface area contributed by atoms with Crippen molar-refractivity contribution in [1.82, 2.24) is 0 Å². The van der Waals surface area contributed by atoms with Crippen LogP contribution in [0.3, 0.4) is 0 Å². The Balaban J connectivity index is 4.36. The second-order valence-corrected chi connectivity index (χ2v) is 14.0. The lowest BCUT2D eigenvalue weighted by atomic mass is 9.55. The van der Waals surface area contributed by atoms with E-state index >= 15 is 0 Å². The number of rotatable bonds is 11. The van der Waals surface area contributed by atoms with Gasteiger partial charge in [-0.3, -0.25) is 4.55 Å². The molecule has 1 atom stereocenters. The minimum Gasteiger partial charge on any atom is -0.504 e. The van der Waals surface area contributed by atoms with Crippen LogP contribution in [-0.4, -0.2) is 32.3 Å². The summed E-state index contributed by atoms with van der Waals surface area (Å²) < 4.78 is 46.4. The van der Waals surface area contributed by atoms with Crippen LogP contribution in [0.5, 0.6) is 17.2 Å². The first-order valence-electron chi connectivity index (χ1n) is 12.2. The van der Waals surface area contributed by atoms with Crippen LogP contribution in [0.15, 0.2) is 4.90 Å². The Morgan fingerprint density at radius 1 is 0.912 bits per heavy atom. The summed E-state index contributed by atoms with van der Waals surface area (Å²) in [6.07, 6.45) is 2.98. The van der Waals surface area contributed by atoms with Crippen molar-refractivity contribution in [3.05, 3.63) is 11.1 Å². The van der Waals surface area contributed by atoms with Crippen molar-refractivity contribution in [2.24, 2.45) is 22.2 Å². The minimum atomic E-state index is -4.76. The normalized spacial score (nSPS) is 14.4. The summed E-state index contributed by atoms with van der Waals surface area (Å²) in [6.45, 7) is 21.7. The zero-order valence-corrected chi connectivity index (χ0v) is 24.2. The van der Waals surface area contributed by atoms with Crippen LogP contribution in [0.4, 0.5) is 0 Å². The van der Waals surface area contributed by atoms with Crippen LogP contribution in [0.2, 0.25) is 0 Å². The van der Waals surface area contributed by atoms with Gasteiger partial charge in [-0.15, -0.1) is 0 Å². The standard InChI is InChI=1S/C27H48O6S/c1-13-14-18-19(21(32-11)23(34(29,30)31)22(33-12)20(18)28)24(26(7,8)15-17(2)3)27(9,10)16-25(4,5)6/h17,24,28H,13-16H2,1-12H3,(H,29,30,31). The van der Waals surface area contributed by atoms with Gasteiger partial charge in [0, 0.05) is 11.1 Å². The first-order valence-corrected chi connectivity index (χ1v) is 13.7. The average Bonchev–Trinajstić information content (AvgIpc) is 2.59. The van der Waals surface area contributed by atoms with E-state index in [9.17, 15) is 18.1 Å². The fourth-order valence-electron chi connectivity index (χ4n) is 6.65. The van der Waals surface area contributed by atoms with Gasteiger partial charge < -0.3 is 14.6 Å². The van der Waals surface area contributed by atoms with Gasteiger partial charge in [-0.1, -0.05) is 75.7 Å². The van der Waals surface area contributed by atoms with Gasteiger partial charge in [-0.25, -0.2) is 0 Å². The van der Waals surface area contributed by atoms with Crippen molar-refractivity contribution in [2.75, 3.05) is 14.2 Å². The van der Waals surface area contributed by atoms with E-state index in [-0.39, 0.29) is 39.4 Å². The Labute approximate surface area is 208 Å². The predicted octanol–water partition coefficient (Wildman–Crippen LogP) is 7.23. The van der Waals surface area contributed by atoms with Crippen LogP contribution in [0.1, 0.15) is 106 Å². The molecule has 0 radical (unpaired) electrons. The largest absolute Gasteiger partial charge is 0.504 e.